The first kappa shape index (κ1) is 17.2. The molecule has 1 atom stereocenters. The van der Waals surface area contributed by atoms with Crippen LogP contribution in [0.5, 0.6) is 5.75 Å². The zero-order valence-electron chi connectivity index (χ0n) is 13.2. The molecule has 0 saturated heterocycles. The number of halogens is 1. The fourth-order valence-electron chi connectivity index (χ4n) is 2.56. The molecular formula is C19H21FO3. The van der Waals surface area contributed by atoms with Crippen LogP contribution in [0.4, 0.5) is 4.39 Å². The molecule has 0 heterocycles. The standard InChI is InChI=1S/C19H21FO3/c1-23-19-8-3-2-6-15(19)9-10-17(21)13-18(22)12-14-5-4-7-16(20)11-14/h2-8,11,18,22H,9-10,12-13H2,1H3. The highest BCUT2D eigenvalue weighted by Gasteiger charge is 2.13. The second-order valence-corrected chi connectivity index (χ2v) is 5.54. The van der Waals surface area contributed by atoms with Crippen LogP contribution in [0.1, 0.15) is 24.0 Å². The third-order valence-electron chi connectivity index (χ3n) is 3.69. The third-order valence-corrected chi connectivity index (χ3v) is 3.69. The van der Waals surface area contributed by atoms with Gasteiger partial charge in [0.15, 0.2) is 0 Å². The summed E-state index contributed by atoms with van der Waals surface area (Å²) in [6.45, 7) is 0. The lowest BCUT2D eigenvalue weighted by Gasteiger charge is -2.11. The van der Waals surface area contributed by atoms with Crippen molar-refractivity contribution in [1.82, 2.24) is 0 Å². The van der Waals surface area contributed by atoms with Gasteiger partial charge in [0.1, 0.15) is 17.3 Å². The molecule has 0 fully saturated rings. The maximum absolute atomic E-state index is 13.1. The van der Waals surface area contributed by atoms with Crippen LogP contribution in [-0.2, 0) is 17.6 Å². The van der Waals surface area contributed by atoms with Crippen molar-refractivity contribution in [2.45, 2.75) is 31.8 Å². The molecule has 122 valence electrons. The SMILES string of the molecule is COc1ccccc1CCC(=O)CC(O)Cc1cccc(F)c1. The number of carbonyl (C=O) groups is 1. The van der Waals surface area contributed by atoms with Crippen molar-refractivity contribution in [3.05, 3.63) is 65.5 Å². The lowest BCUT2D eigenvalue weighted by Crippen LogP contribution is -2.16. The van der Waals surface area contributed by atoms with Crippen LogP contribution in [0, 0.1) is 5.82 Å². The fraction of sp³-hybridized carbons (Fsp3) is 0.316. The van der Waals surface area contributed by atoms with Crippen molar-refractivity contribution in [3.63, 3.8) is 0 Å². The Labute approximate surface area is 135 Å². The number of rotatable bonds is 8. The summed E-state index contributed by atoms with van der Waals surface area (Å²) in [5.41, 5.74) is 1.66. The lowest BCUT2D eigenvalue weighted by atomic mass is 10.00. The van der Waals surface area contributed by atoms with E-state index < -0.39 is 6.10 Å². The van der Waals surface area contributed by atoms with Gasteiger partial charge >= 0.3 is 0 Å². The van der Waals surface area contributed by atoms with Crippen LogP contribution >= 0.6 is 0 Å². The largest absolute Gasteiger partial charge is 0.496 e. The number of para-hydroxylation sites is 1. The number of aryl methyl sites for hydroxylation is 1. The Balaban J connectivity index is 1.82. The number of hydrogen-bond donors (Lipinski definition) is 1. The molecular weight excluding hydrogens is 295 g/mol. The fourth-order valence-corrected chi connectivity index (χ4v) is 2.56. The van der Waals surface area contributed by atoms with Crippen LogP contribution in [-0.4, -0.2) is 24.1 Å². The lowest BCUT2D eigenvalue weighted by molar-refractivity contribution is -0.120. The summed E-state index contributed by atoms with van der Waals surface area (Å²) in [5.74, 6) is 0.414. The van der Waals surface area contributed by atoms with Gasteiger partial charge in [-0.3, -0.25) is 4.79 Å². The quantitative estimate of drug-likeness (QED) is 0.812. The molecule has 0 spiro atoms. The molecule has 23 heavy (non-hydrogen) atoms. The number of ether oxygens (including phenoxy) is 1. The van der Waals surface area contributed by atoms with Crippen LogP contribution < -0.4 is 4.74 Å². The van der Waals surface area contributed by atoms with E-state index in [1.807, 2.05) is 24.3 Å². The first-order chi connectivity index (χ1) is 11.1. The van der Waals surface area contributed by atoms with Crippen LogP contribution in [0.2, 0.25) is 0 Å². The smallest absolute Gasteiger partial charge is 0.135 e. The summed E-state index contributed by atoms with van der Waals surface area (Å²) in [7, 11) is 1.60. The number of ketones is 1. The minimum Gasteiger partial charge on any atom is -0.496 e. The van der Waals surface area contributed by atoms with Crippen LogP contribution in [0.25, 0.3) is 0 Å². The Morgan fingerprint density at radius 1 is 1.22 bits per heavy atom. The summed E-state index contributed by atoms with van der Waals surface area (Å²) in [5, 5.41) is 9.99. The van der Waals surface area contributed by atoms with Gasteiger partial charge in [-0.25, -0.2) is 4.39 Å². The number of Topliss-reactive ketones (excluding diaryl/α,β-unsaturated/α-hetero) is 1. The minimum atomic E-state index is -0.790. The number of aliphatic hydroxyl groups excluding tert-OH is 1. The van der Waals surface area contributed by atoms with E-state index in [9.17, 15) is 14.3 Å². The Morgan fingerprint density at radius 3 is 2.74 bits per heavy atom. The maximum atomic E-state index is 13.1. The Hall–Kier alpha value is -2.20. The molecule has 1 N–H and O–H groups in total. The Morgan fingerprint density at radius 2 is 2.00 bits per heavy atom. The predicted octanol–water partition coefficient (Wildman–Crippen LogP) is 3.33. The molecule has 4 heteroatoms. The van der Waals surface area contributed by atoms with Crippen molar-refractivity contribution in [1.29, 1.82) is 0 Å². The molecule has 3 nitrogen and oxygen atoms in total. The monoisotopic (exact) mass is 316 g/mol. The minimum absolute atomic E-state index is 0.0141. The summed E-state index contributed by atoms with van der Waals surface area (Å²) < 4.78 is 18.4. The van der Waals surface area contributed by atoms with Crippen molar-refractivity contribution in [2.24, 2.45) is 0 Å². The van der Waals surface area contributed by atoms with Crippen molar-refractivity contribution in [3.8, 4) is 5.75 Å². The summed E-state index contributed by atoms with van der Waals surface area (Å²) >= 11 is 0. The van der Waals surface area contributed by atoms with Gasteiger partial charge in [0.25, 0.3) is 0 Å². The van der Waals surface area contributed by atoms with E-state index in [-0.39, 0.29) is 24.4 Å². The molecule has 0 amide bonds. The van der Waals surface area contributed by atoms with Gasteiger partial charge in [0.05, 0.1) is 13.2 Å². The van der Waals surface area contributed by atoms with Gasteiger partial charge in [-0.15, -0.1) is 0 Å². The second-order valence-electron chi connectivity index (χ2n) is 5.54. The summed E-state index contributed by atoms with van der Waals surface area (Å²) in [6, 6.07) is 13.6. The highest BCUT2D eigenvalue weighted by molar-refractivity contribution is 5.79. The number of hydrogen-bond acceptors (Lipinski definition) is 3. The first-order valence-corrected chi connectivity index (χ1v) is 7.64. The molecule has 0 aliphatic heterocycles. The second kappa shape index (κ2) is 8.44. The van der Waals surface area contributed by atoms with E-state index in [1.54, 1.807) is 19.2 Å². The molecule has 0 aliphatic carbocycles. The number of benzene rings is 2. The molecule has 0 bridgehead atoms. The molecule has 2 rings (SSSR count). The van der Waals surface area contributed by atoms with E-state index in [2.05, 4.69) is 0 Å². The average Bonchev–Trinajstić information content (AvgIpc) is 2.53. The van der Waals surface area contributed by atoms with Crippen molar-refractivity contribution < 1.29 is 19.0 Å². The molecule has 0 saturated carbocycles. The van der Waals surface area contributed by atoms with Gasteiger partial charge in [0, 0.05) is 12.8 Å². The van der Waals surface area contributed by atoms with E-state index in [1.165, 1.54) is 12.1 Å². The van der Waals surface area contributed by atoms with E-state index in [0.717, 1.165) is 11.3 Å². The van der Waals surface area contributed by atoms with Crippen LogP contribution in [0.3, 0.4) is 0 Å². The molecule has 2 aromatic rings. The molecule has 0 aliphatic rings. The first-order valence-electron chi connectivity index (χ1n) is 7.64. The van der Waals surface area contributed by atoms with Crippen molar-refractivity contribution in [2.75, 3.05) is 7.11 Å². The maximum Gasteiger partial charge on any atom is 0.135 e. The van der Waals surface area contributed by atoms with Gasteiger partial charge in [0.2, 0.25) is 0 Å². The number of carbonyl (C=O) groups excluding carboxylic acids is 1. The van der Waals surface area contributed by atoms with Crippen LogP contribution in [0.15, 0.2) is 48.5 Å². The normalized spacial score (nSPS) is 12.0. The Kier molecular flexibility index (Phi) is 6.29. The van der Waals surface area contributed by atoms with E-state index in [4.69, 9.17) is 4.74 Å². The van der Waals surface area contributed by atoms with Gasteiger partial charge in [-0.1, -0.05) is 30.3 Å². The molecule has 0 radical (unpaired) electrons. The highest BCUT2D eigenvalue weighted by atomic mass is 19.1. The summed E-state index contributed by atoms with van der Waals surface area (Å²) in [4.78, 5) is 12.0. The van der Waals surface area contributed by atoms with Crippen molar-refractivity contribution >= 4 is 5.78 Å². The average molecular weight is 316 g/mol. The zero-order chi connectivity index (χ0) is 16.7. The van der Waals surface area contributed by atoms with Gasteiger partial charge in [-0.05, 0) is 42.2 Å². The van der Waals surface area contributed by atoms with E-state index >= 15 is 0 Å². The highest BCUT2D eigenvalue weighted by Crippen LogP contribution is 2.19. The Bertz CT molecular complexity index is 655. The third kappa shape index (κ3) is 5.49. The van der Waals surface area contributed by atoms with Gasteiger partial charge < -0.3 is 9.84 Å². The topological polar surface area (TPSA) is 46.5 Å². The molecule has 0 aromatic heterocycles. The zero-order valence-corrected chi connectivity index (χ0v) is 13.2. The summed E-state index contributed by atoms with van der Waals surface area (Å²) in [6.07, 6.45) is 0.488. The number of aliphatic hydroxyl groups is 1. The van der Waals surface area contributed by atoms with Gasteiger partial charge in [-0.2, -0.15) is 0 Å². The molecule has 2 aromatic carbocycles. The number of methoxy groups -OCH3 is 1. The molecule has 1 unspecified atom stereocenters. The van der Waals surface area contributed by atoms with E-state index in [0.29, 0.717) is 18.4 Å². The predicted molar refractivity (Wildman–Crippen MR) is 87.0 cm³/mol.